The maximum Gasteiger partial charge on any atom is 0.249 e. The molecule has 2 amide bonds. The summed E-state index contributed by atoms with van der Waals surface area (Å²) in [4.78, 5) is 29.7. The van der Waals surface area contributed by atoms with E-state index in [1.54, 1.807) is 49.4 Å². The number of carbonyl (C=O) groups excluding carboxylic acids is 2. The molecular weight excluding hydrogens is 513 g/mol. The molecule has 3 aromatic carbocycles. The van der Waals surface area contributed by atoms with Crippen LogP contribution in [-0.4, -0.2) is 46.6 Å². The SMILES string of the molecule is CCC(C)(C)NC(=O)C(c1cccc(OC)c1OC)N(C(=O)Cn1nnc2ccccc21)c1ccc(C)c(F)c1. The van der Waals surface area contributed by atoms with E-state index in [-0.39, 0.29) is 18.0 Å². The number of amides is 2. The largest absolute Gasteiger partial charge is 0.493 e. The van der Waals surface area contributed by atoms with Crippen LogP contribution in [0.1, 0.15) is 44.4 Å². The molecule has 1 atom stereocenters. The average molecular weight is 548 g/mol. The lowest BCUT2D eigenvalue weighted by atomic mass is 9.97. The van der Waals surface area contributed by atoms with Gasteiger partial charge in [-0.2, -0.15) is 0 Å². The Bertz CT molecular complexity index is 1530. The third-order valence-electron chi connectivity index (χ3n) is 6.99. The lowest BCUT2D eigenvalue weighted by molar-refractivity contribution is -0.128. The van der Waals surface area contributed by atoms with Gasteiger partial charge in [0.25, 0.3) is 0 Å². The molecule has 1 unspecified atom stereocenters. The van der Waals surface area contributed by atoms with Gasteiger partial charge in [-0.05, 0) is 63.1 Å². The Morgan fingerprint density at radius 3 is 2.50 bits per heavy atom. The maximum atomic E-state index is 14.9. The number of para-hydroxylation sites is 2. The van der Waals surface area contributed by atoms with Gasteiger partial charge < -0.3 is 14.8 Å². The number of fused-ring (bicyclic) bond motifs is 1. The molecule has 210 valence electrons. The average Bonchev–Trinajstić information content (AvgIpc) is 3.35. The molecule has 9 nitrogen and oxygen atoms in total. The van der Waals surface area contributed by atoms with Gasteiger partial charge in [-0.25, -0.2) is 9.07 Å². The van der Waals surface area contributed by atoms with Crippen molar-refractivity contribution in [3.05, 3.63) is 77.6 Å². The Kier molecular flexibility index (Phi) is 8.37. The molecule has 0 bridgehead atoms. The van der Waals surface area contributed by atoms with Crippen LogP contribution in [0.15, 0.2) is 60.7 Å². The minimum absolute atomic E-state index is 0.205. The molecule has 1 heterocycles. The first-order valence-corrected chi connectivity index (χ1v) is 13.0. The highest BCUT2D eigenvalue weighted by Crippen LogP contribution is 2.39. The summed E-state index contributed by atoms with van der Waals surface area (Å²) in [6.45, 7) is 7.12. The van der Waals surface area contributed by atoms with E-state index in [0.29, 0.717) is 34.3 Å². The Hall–Kier alpha value is -4.47. The predicted molar refractivity (Wildman–Crippen MR) is 151 cm³/mol. The van der Waals surface area contributed by atoms with E-state index in [4.69, 9.17) is 9.47 Å². The summed E-state index contributed by atoms with van der Waals surface area (Å²) < 4.78 is 27.6. The molecule has 0 aliphatic heterocycles. The third kappa shape index (κ3) is 5.75. The van der Waals surface area contributed by atoms with Crippen LogP contribution in [-0.2, 0) is 16.1 Å². The minimum atomic E-state index is -1.24. The standard InChI is InChI=1S/C30H34FN5O4/c1-7-30(3,4)32-29(38)27(21-11-10-14-25(39-5)28(21)40-6)36(20-16-15-19(2)22(31)17-20)26(37)18-35-24-13-9-8-12-23(24)33-34-35/h8-17,27H,7,18H2,1-6H3,(H,32,38). The summed E-state index contributed by atoms with van der Waals surface area (Å²) >= 11 is 0. The summed E-state index contributed by atoms with van der Waals surface area (Å²) in [6.07, 6.45) is 0.638. The van der Waals surface area contributed by atoms with Crippen molar-refractivity contribution < 1.29 is 23.5 Å². The van der Waals surface area contributed by atoms with Crippen molar-refractivity contribution in [3.8, 4) is 11.5 Å². The van der Waals surface area contributed by atoms with Crippen LogP contribution in [0.5, 0.6) is 11.5 Å². The van der Waals surface area contributed by atoms with Gasteiger partial charge >= 0.3 is 0 Å². The molecule has 1 aromatic heterocycles. The number of anilines is 1. The van der Waals surface area contributed by atoms with E-state index < -0.39 is 29.2 Å². The van der Waals surface area contributed by atoms with E-state index in [1.165, 1.54) is 29.9 Å². The van der Waals surface area contributed by atoms with E-state index in [9.17, 15) is 14.0 Å². The van der Waals surface area contributed by atoms with Gasteiger partial charge in [0.15, 0.2) is 11.5 Å². The number of benzene rings is 3. The molecule has 4 aromatic rings. The lowest BCUT2D eigenvalue weighted by Gasteiger charge is -2.35. The molecule has 0 saturated heterocycles. The van der Waals surface area contributed by atoms with Crippen molar-refractivity contribution >= 4 is 28.5 Å². The van der Waals surface area contributed by atoms with Crippen LogP contribution in [0, 0.1) is 12.7 Å². The maximum absolute atomic E-state index is 14.9. The van der Waals surface area contributed by atoms with Gasteiger partial charge in [0, 0.05) is 16.8 Å². The zero-order chi connectivity index (χ0) is 29.0. The van der Waals surface area contributed by atoms with Gasteiger partial charge in [-0.3, -0.25) is 14.5 Å². The highest BCUT2D eigenvalue weighted by atomic mass is 19.1. The normalized spacial score (nSPS) is 12.2. The number of methoxy groups -OCH3 is 2. The number of rotatable bonds is 10. The zero-order valence-corrected chi connectivity index (χ0v) is 23.6. The fourth-order valence-electron chi connectivity index (χ4n) is 4.42. The molecule has 0 fully saturated rings. The molecule has 0 spiro atoms. The van der Waals surface area contributed by atoms with Crippen LogP contribution in [0.2, 0.25) is 0 Å². The second-order valence-corrected chi connectivity index (χ2v) is 10.1. The lowest BCUT2D eigenvalue weighted by Crippen LogP contribution is -2.51. The second kappa shape index (κ2) is 11.7. The van der Waals surface area contributed by atoms with Crippen molar-refractivity contribution in [2.45, 2.75) is 52.2 Å². The summed E-state index contributed by atoms with van der Waals surface area (Å²) in [7, 11) is 2.95. The van der Waals surface area contributed by atoms with E-state index in [0.717, 1.165) is 0 Å². The van der Waals surface area contributed by atoms with Crippen LogP contribution in [0.4, 0.5) is 10.1 Å². The van der Waals surface area contributed by atoms with Crippen molar-refractivity contribution in [1.29, 1.82) is 0 Å². The number of hydrogen-bond acceptors (Lipinski definition) is 6. The smallest absolute Gasteiger partial charge is 0.249 e. The first kappa shape index (κ1) is 28.5. The van der Waals surface area contributed by atoms with Gasteiger partial charge in [-0.1, -0.05) is 42.5 Å². The first-order valence-electron chi connectivity index (χ1n) is 13.0. The number of ether oxygens (including phenoxy) is 2. The quantitative estimate of drug-likeness (QED) is 0.301. The fraction of sp³-hybridized carbons (Fsp3) is 0.333. The van der Waals surface area contributed by atoms with Crippen molar-refractivity contribution in [2.75, 3.05) is 19.1 Å². The van der Waals surface area contributed by atoms with Crippen molar-refractivity contribution in [2.24, 2.45) is 0 Å². The van der Waals surface area contributed by atoms with Crippen LogP contribution >= 0.6 is 0 Å². The van der Waals surface area contributed by atoms with Gasteiger partial charge in [0.05, 0.1) is 19.7 Å². The number of aryl methyl sites for hydroxylation is 1. The number of carbonyl (C=O) groups is 2. The van der Waals surface area contributed by atoms with Gasteiger partial charge in [-0.15, -0.1) is 5.10 Å². The topological polar surface area (TPSA) is 98.6 Å². The van der Waals surface area contributed by atoms with Crippen molar-refractivity contribution in [1.82, 2.24) is 20.3 Å². The number of nitrogens with zero attached hydrogens (tertiary/aromatic N) is 4. The highest BCUT2D eigenvalue weighted by Gasteiger charge is 2.38. The molecular formula is C30H34FN5O4. The van der Waals surface area contributed by atoms with Gasteiger partial charge in [0.2, 0.25) is 11.8 Å². The van der Waals surface area contributed by atoms with E-state index in [1.807, 2.05) is 32.9 Å². The number of halogens is 1. The minimum Gasteiger partial charge on any atom is -0.493 e. The van der Waals surface area contributed by atoms with Crippen LogP contribution in [0.25, 0.3) is 11.0 Å². The number of hydrogen-bond donors (Lipinski definition) is 1. The molecule has 0 saturated carbocycles. The monoisotopic (exact) mass is 547 g/mol. The molecule has 0 radical (unpaired) electrons. The molecule has 1 N–H and O–H groups in total. The van der Waals surface area contributed by atoms with Crippen molar-refractivity contribution in [3.63, 3.8) is 0 Å². The van der Waals surface area contributed by atoms with Crippen LogP contribution < -0.4 is 19.7 Å². The molecule has 0 aliphatic carbocycles. The Labute approximate surface area is 232 Å². The second-order valence-electron chi connectivity index (χ2n) is 10.1. The predicted octanol–water partition coefficient (Wildman–Crippen LogP) is 4.98. The number of nitrogens with one attached hydrogen (secondary N) is 1. The molecule has 0 aliphatic rings. The van der Waals surface area contributed by atoms with Crippen LogP contribution in [0.3, 0.4) is 0 Å². The van der Waals surface area contributed by atoms with E-state index in [2.05, 4.69) is 15.6 Å². The molecule has 10 heteroatoms. The molecule has 40 heavy (non-hydrogen) atoms. The van der Waals surface area contributed by atoms with E-state index >= 15 is 0 Å². The Balaban J connectivity index is 1.92. The Morgan fingerprint density at radius 1 is 1.07 bits per heavy atom. The summed E-state index contributed by atoms with van der Waals surface area (Å²) in [5.74, 6) is -0.796. The molecule has 4 rings (SSSR count). The Morgan fingerprint density at radius 2 is 1.82 bits per heavy atom. The fourth-order valence-corrected chi connectivity index (χ4v) is 4.42. The summed E-state index contributed by atoms with van der Waals surface area (Å²) in [6, 6.07) is 15.6. The summed E-state index contributed by atoms with van der Waals surface area (Å²) in [5, 5.41) is 11.4. The highest BCUT2D eigenvalue weighted by molar-refractivity contribution is 6.02. The zero-order valence-electron chi connectivity index (χ0n) is 23.6. The first-order chi connectivity index (χ1) is 19.1. The summed E-state index contributed by atoms with van der Waals surface area (Å²) in [5.41, 5.74) is 1.68. The van der Waals surface area contributed by atoms with Gasteiger partial charge in [0.1, 0.15) is 23.9 Å². The number of aromatic nitrogens is 3. The third-order valence-corrected chi connectivity index (χ3v) is 6.99.